The van der Waals surface area contributed by atoms with Crippen LogP contribution in [-0.4, -0.2) is 35.1 Å². The first-order valence-electron chi connectivity index (χ1n) is 5.58. The number of Topliss-reactive ketones (excluding diaryl/α,β-unsaturated/α-hetero) is 1. The Hall–Kier alpha value is -1.39. The Labute approximate surface area is 95.0 Å². The summed E-state index contributed by atoms with van der Waals surface area (Å²) in [7, 11) is 0. The van der Waals surface area contributed by atoms with Gasteiger partial charge in [-0.25, -0.2) is 0 Å². The summed E-state index contributed by atoms with van der Waals surface area (Å²) >= 11 is 0. The van der Waals surface area contributed by atoms with Gasteiger partial charge in [0.1, 0.15) is 5.78 Å². The van der Waals surface area contributed by atoms with Crippen molar-refractivity contribution in [3.8, 4) is 0 Å². The fourth-order valence-corrected chi connectivity index (χ4v) is 2.12. The van der Waals surface area contributed by atoms with E-state index in [1.165, 1.54) is 11.8 Å². The number of amides is 2. The van der Waals surface area contributed by atoms with Crippen LogP contribution in [0.4, 0.5) is 0 Å². The van der Waals surface area contributed by atoms with Crippen LogP contribution in [-0.2, 0) is 14.4 Å². The van der Waals surface area contributed by atoms with Gasteiger partial charge in [-0.05, 0) is 19.8 Å². The van der Waals surface area contributed by atoms with Crippen LogP contribution in [0.25, 0.3) is 0 Å². The zero-order chi connectivity index (χ0) is 12.1. The Morgan fingerprint density at radius 3 is 2.25 bits per heavy atom. The van der Waals surface area contributed by atoms with Crippen LogP contribution in [0.3, 0.4) is 0 Å². The Morgan fingerprint density at radius 1 is 1.25 bits per heavy atom. The number of ketones is 1. The predicted octanol–water partition coefficient (Wildman–Crippen LogP) is 0.222. The van der Waals surface area contributed by atoms with Gasteiger partial charge >= 0.3 is 0 Å². The maximum Gasteiger partial charge on any atom is 0.237 e. The van der Waals surface area contributed by atoms with E-state index in [1.807, 2.05) is 0 Å². The predicted molar refractivity (Wildman–Crippen MR) is 58.5 cm³/mol. The summed E-state index contributed by atoms with van der Waals surface area (Å²) in [6.45, 7) is 1.30. The molecule has 1 aliphatic carbocycles. The molecule has 0 heterocycles. The highest BCUT2D eigenvalue weighted by Gasteiger charge is 2.27. The minimum absolute atomic E-state index is 0.0726. The number of hydrogen-bond donors (Lipinski definition) is 1. The maximum atomic E-state index is 11.8. The van der Waals surface area contributed by atoms with E-state index >= 15 is 0 Å². The van der Waals surface area contributed by atoms with E-state index < -0.39 is 5.91 Å². The van der Waals surface area contributed by atoms with Gasteiger partial charge in [0.2, 0.25) is 11.8 Å². The highest BCUT2D eigenvalue weighted by molar-refractivity contribution is 5.98. The number of nitrogens with two attached hydrogens (primary N) is 1. The van der Waals surface area contributed by atoms with E-state index in [2.05, 4.69) is 0 Å². The van der Waals surface area contributed by atoms with Crippen molar-refractivity contribution in [1.82, 2.24) is 4.90 Å². The van der Waals surface area contributed by atoms with Crippen LogP contribution in [0.2, 0.25) is 0 Å². The van der Waals surface area contributed by atoms with E-state index in [0.717, 1.165) is 25.7 Å². The van der Waals surface area contributed by atoms with Gasteiger partial charge in [0.05, 0.1) is 13.0 Å². The molecule has 0 atom stereocenters. The third-order valence-corrected chi connectivity index (χ3v) is 2.81. The van der Waals surface area contributed by atoms with Crippen LogP contribution >= 0.6 is 0 Å². The molecule has 2 amide bonds. The molecule has 0 aromatic rings. The van der Waals surface area contributed by atoms with Crippen molar-refractivity contribution < 1.29 is 14.4 Å². The first-order valence-corrected chi connectivity index (χ1v) is 5.58. The van der Waals surface area contributed by atoms with Crippen LogP contribution < -0.4 is 5.73 Å². The van der Waals surface area contributed by atoms with Gasteiger partial charge in [-0.3, -0.25) is 14.4 Å². The average Bonchev–Trinajstić information content (AvgIpc) is 2.64. The molecule has 2 N–H and O–H groups in total. The van der Waals surface area contributed by atoms with Gasteiger partial charge in [0.25, 0.3) is 0 Å². The molecule has 1 fully saturated rings. The summed E-state index contributed by atoms with van der Waals surface area (Å²) in [5.74, 6) is -0.987. The lowest BCUT2D eigenvalue weighted by Crippen LogP contribution is -2.44. The van der Waals surface area contributed by atoms with Gasteiger partial charge < -0.3 is 10.6 Å². The van der Waals surface area contributed by atoms with E-state index in [9.17, 15) is 14.4 Å². The minimum atomic E-state index is -0.524. The number of primary amides is 1. The van der Waals surface area contributed by atoms with E-state index in [1.54, 1.807) is 0 Å². The van der Waals surface area contributed by atoms with Crippen LogP contribution in [0, 0.1) is 0 Å². The Morgan fingerprint density at radius 2 is 1.81 bits per heavy atom. The molecule has 0 aromatic carbocycles. The van der Waals surface area contributed by atoms with Gasteiger partial charge in [-0.1, -0.05) is 12.8 Å². The Kier molecular flexibility index (Phi) is 4.46. The van der Waals surface area contributed by atoms with E-state index in [4.69, 9.17) is 5.73 Å². The van der Waals surface area contributed by atoms with Crippen LogP contribution in [0.1, 0.15) is 39.0 Å². The molecule has 16 heavy (non-hydrogen) atoms. The lowest BCUT2D eigenvalue weighted by Gasteiger charge is -2.27. The van der Waals surface area contributed by atoms with Crippen molar-refractivity contribution in [2.24, 2.45) is 5.73 Å². The molecule has 0 aromatic heterocycles. The van der Waals surface area contributed by atoms with Crippen molar-refractivity contribution in [2.45, 2.75) is 45.1 Å². The van der Waals surface area contributed by atoms with Crippen LogP contribution in [0.5, 0.6) is 0 Å². The van der Waals surface area contributed by atoms with Crippen molar-refractivity contribution in [3.63, 3.8) is 0 Å². The molecule has 0 unspecified atom stereocenters. The highest BCUT2D eigenvalue weighted by Crippen LogP contribution is 2.23. The molecule has 0 saturated heterocycles. The largest absolute Gasteiger partial charge is 0.368 e. The lowest BCUT2D eigenvalue weighted by molar-refractivity contribution is -0.139. The second-order valence-corrected chi connectivity index (χ2v) is 4.31. The van der Waals surface area contributed by atoms with Gasteiger partial charge in [0, 0.05) is 6.04 Å². The summed E-state index contributed by atoms with van der Waals surface area (Å²) in [6, 6.07) is 0.0827. The monoisotopic (exact) mass is 226 g/mol. The number of hydrogen-bond acceptors (Lipinski definition) is 3. The fraction of sp³-hybridized carbons (Fsp3) is 0.727. The molecule has 5 nitrogen and oxygen atoms in total. The van der Waals surface area contributed by atoms with E-state index in [0.29, 0.717) is 0 Å². The number of rotatable bonds is 5. The van der Waals surface area contributed by atoms with Gasteiger partial charge in [-0.2, -0.15) is 0 Å². The molecule has 1 saturated carbocycles. The summed E-state index contributed by atoms with van der Waals surface area (Å²) in [5.41, 5.74) is 5.11. The average molecular weight is 226 g/mol. The maximum absolute atomic E-state index is 11.8. The normalized spacial score (nSPS) is 16.1. The molecular weight excluding hydrogens is 208 g/mol. The lowest BCUT2D eigenvalue weighted by atomic mass is 10.1. The van der Waals surface area contributed by atoms with Crippen molar-refractivity contribution >= 4 is 17.6 Å². The summed E-state index contributed by atoms with van der Waals surface area (Å²) in [5, 5.41) is 0. The highest BCUT2D eigenvalue weighted by atomic mass is 16.2. The first kappa shape index (κ1) is 12.7. The van der Waals surface area contributed by atoms with Crippen molar-refractivity contribution in [2.75, 3.05) is 6.54 Å². The molecule has 0 bridgehead atoms. The topological polar surface area (TPSA) is 80.5 Å². The van der Waals surface area contributed by atoms with Gasteiger partial charge in [-0.15, -0.1) is 0 Å². The first-order chi connectivity index (χ1) is 7.50. The third-order valence-electron chi connectivity index (χ3n) is 2.81. The van der Waals surface area contributed by atoms with Gasteiger partial charge in [0.15, 0.2) is 0 Å². The van der Waals surface area contributed by atoms with Crippen molar-refractivity contribution in [1.29, 1.82) is 0 Å². The number of nitrogens with zero attached hydrogens (tertiary/aromatic N) is 1. The zero-order valence-corrected chi connectivity index (χ0v) is 9.57. The molecule has 90 valence electrons. The summed E-state index contributed by atoms with van der Waals surface area (Å²) < 4.78 is 0. The Balaban J connectivity index is 2.65. The molecule has 5 heteroatoms. The van der Waals surface area contributed by atoms with Crippen molar-refractivity contribution in [3.05, 3.63) is 0 Å². The Bertz CT molecular complexity index is 296. The number of carbonyl (C=O) groups is 3. The quantitative estimate of drug-likeness (QED) is 0.681. The third kappa shape index (κ3) is 3.64. The fourth-order valence-electron chi connectivity index (χ4n) is 2.12. The second kappa shape index (κ2) is 5.63. The summed E-state index contributed by atoms with van der Waals surface area (Å²) in [6.07, 6.45) is 3.79. The van der Waals surface area contributed by atoms with E-state index in [-0.39, 0.29) is 30.7 Å². The molecule has 0 radical (unpaired) electrons. The number of carbonyl (C=O) groups excluding carboxylic acids is 3. The smallest absolute Gasteiger partial charge is 0.237 e. The standard InChI is InChI=1S/C11H18N2O3/c1-8(14)6-11(16)13(7-10(12)15)9-4-2-3-5-9/h9H,2-7H2,1H3,(H2,12,15). The summed E-state index contributed by atoms with van der Waals surface area (Å²) in [4.78, 5) is 35.0. The molecule has 1 rings (SSSR count). The molecule has 0 spiro atoms. The minimum Gasteiger partial charge on any atom is -0.368 e. The second-order valence-electron chi connectivity index (χ2n) is 4.31. The SMILES string of the molecule is CC(=O)CC(=O)N(CC(N)=O)C1CCCC1. The van der Waals surface area contributed by atoms with Crippen LogP contribution in [0.15, 0.2) is 0 Å². The molecule has 1 aliphatic rings. The molecule has 0 aliphatic heterocycles. The molecular formula is C11H18N2O3. The zero-order valence-electron chi connectivity index (χ0n) is 9.57.